The molecule has 0 saturated carbocycles. The van der Waals surface area contributed by atoms with E-state index in [-0.39, 0.29) is 18.4 Å². The molecule has 9 nitrogen and oxygen atoms in total. The normalized spacial score (nSPS) is 16.6. The number of allylic oxidation sites excluding steroid dienone is 2. The number of hydrogen-bond acceptors (Lipinski definition) is 6. The summed E-state index contributed by atoms with van der Waals surface area (Å²) in [6.45, 7) is 11.8. The molecule has 2 amide bonds. The van der Waals surface area contributed by atoms with E-state index in [9.17, 15) is 9.59 Å². The summed E-state index contributed by atoms with van der Waals surface area (Å²) in [6, 6.07) is 6.93. The summed E-state index contributed by atoms with van der Waals surface area (Å²) >= 11 is 0. The van der Waals surface area contributed by atoms with Gasteiger partial charge in [0.15, 0.2) is 5.69 Å². The van der Waals surface area contributed by atoms with E-state index in [4.69, 9.17) is 14.6 Å². The van der Waals surface area contributed by atoms with E-state index in [0.717, 1.165) is 43.5 Å². The van der Waals surface area contributed by atoms with Gasteiger partial charge in [0.25, 0.3) is 5.91 Å². The smallest absolute Gasteiger partial charge is 0.273 e. The predicted molar refractivity (Wildman–Crippen MR) is 141 cm³/mol. The molecule has 3 rings (SSSR count). The van der Waals surface area contributed by atoms with E-state index < -0.39 is 11.5 Å². The summed E-state index contributed by atoms with van der Waals surface area (Å²) in [7, 11) is 1.61. The Morgan fingerprint density at radius 1 is 1.28 bits per heavy atom. The molecule has 1 unspecified atom stereocenters. The summed E-state index contributed by atoms with van der Waals surface area (Å²) < 4.78 is 13.0. The van der Waals surface area contributed by atoms with Gasteiger partial charge in [-0.2, -0.15) is 5.10 Å². The van der Waals surface area contributed by atoms with Crippen molar-refractivity contribution in [1.29, 1.82) is 0 Å². The molecule has 0 bridgehead atoms. The van der Waals surface area contributed by atoms with Crippen LogP contribution in [-0.2, 0) is 20.8 Å². The quantitative estimate of drug-likeness (QED) is 0.329. The number of carbonyl (C=O) groups is 2. The minimum Gasteiger partial charge on any atom is -0.446 e. The lowest BCUT2D eigenvalue weighted by molar-refractivity contribution is -0.125. The van der Waals surface area contributed by atoms with Crippen molar-refractivity contribution in [1.82, 2.24) is 20.4 Å². The Hall–Kier alpha value is -3.20. The van der Waals surface area contributed by atoms with Crippen molar-refractivity contribution in [3.63, 3.8) is 0 Å². The zero-order valence-corrected chi connectivity index (χ0v) is 22.3. The van der Waals surface area contributed by atoms with Crippen molar-refractivity contribution in [2.75, 3.05) is 26.8 Å². The number of nitrogens with one attached hydrogen (secondary N) is 2. The van der Waals surface area contributed by atoms with Gasteiger partial charge in [-0.1, -0.05) is 39.0 Å². The first kappa shape index (κ1) is 27.4. The molecule has 1 aromatic carbocycles. The standard InChI is InChI=1S/C27H39N5O4/c1-7-18(2)36-22(28-6)16-29-26(34)24(27(3,4)5)30-25(33)23-20-10-8-9-11-21(20)32(31-23)17-19-12-14-35-15-13-19/h7-11,19,24H,12-17H2,1-6H3,(H,29,34)(H,30,33)/b18-7+,28-22?. The first-order valence-electron chi connectivity index (χ1n) is 12.5. The molecule has 1 saturated heterocycles. The number of hydrogen-bond donors (Lipinski definition) is 2. The molecule has 0 spiro atoms. The van der Waals surface area contributed by atoms with Gasteiger partial charge in [-0.3, -0.25) is 19.3 Å². The van der Waals surface area contributed by atoms with Crippen LogP contribution < -0.4 is 10.6 Å². The highest BCUT2D eigenvalue weighted by Gasteiger charge is 2.34. The molecule has 196 valence electrons. The van der Waals surface area contributed by atoms with Crippen molar-refractivity contribution in [2.45, 2.75) is 60.0 Å². The molecule has 1 aromatic heterocycles. The second-order valence-corrected chi connectivity index (χ2v) is 10.2. The lowest BCUT2D eigenvalue weighted by Gasteiger charge is -2.30. The van der Waals surface area contributed by atoms with Crippen molar-refractivity contribution >= 4 is 28.6 Å². The number of aliphatic imine (C=N–C) groups is 1. The monoisotopic (exact) mass is 497 g/mol. The van der Waals surface area contributed by atoms with E-state index in [0.29, 0.717) is 23.3 Å². The average molecular weight is 498 g/mol. The van der Waals surface area contributed by atoms with Crippen LogP contribution in [0.5, 0.6) is 0 Å². The molecule has 1 aliphatic rings. The van der Waals surface area contributed by atoms with E-state index in [1.807, 2.05) is 69.6 Å². The van der Waals surface area contributed by atoms with Gasteiger partial charge in [0.05, 0.1) is 17.8 Å². The molecule has 2 N–H and O–H groups in total. The number of ether oxygens (including phenoxy) is 2. The van der Waals surface area contributed by atoms with Gasteiger partial charge in [0.1, 0.15) is 6.04 Å². The SMILES string of the molecule is C/C=C(\C)OC(CNC(=O)C(NC(=O)c1nn(CC2CCOCC2)c2ccccc12)C(C)(C)C)=NC. The van der Waals surface area contributed by atoms with E-state index in [1.165, 1.54) is 0 Å². The van der Waals surface area contributed by atoms with Gasteiger partial charge in [0.2, 0.25) is 11.8 Å². The van der Waals surface area contributed by atoms with Crippen LogP contribution in [0.15, 0.2) is 41.1 Å². The fourth-order valence-electron chi connectivity index (χ4n) is 4.15. The van der Waals surface area contributed by atoms with Gasteiger partial charge in [0, 0.05) is 32.2 Å². The zero-order valence-electron chi connectivity index (χ0n) is 22.3. The maximum Gasteiger partial charge on any atom is 0.273 e. The molecule has 2 heterocycles. The fraction of sp³-hybridized carbons (Fsp3) is 0.556. The fourth-order valence-corrected chi connectivity index (χ4v) is 4.15. The van der Waals surface area contributed by atoms with Gasteiger partial charge in [-0.25, -0.2) is 0 Å². The highest BCUT2D eigenvalue weighted by Crippen LogP contribution is 2.24. The molecule has 1 atom stereocenters. The van der Waals surface area contributed by atoms with Crippen LogP contribution in [0.3, 0.4) is 0 Å². The molecule has 36 heavy (non-hydrogen) atoms. The Kier molecular flexibility index (Phi) is 9.25. The van der Waals surface area contributed by atoms with Crippen LogP contribution >= 0.6 is 0 Å². The minimum absolute atomic E-state index is 0.117. The number of fused-ring (bicyclic) bond motifs is 1. The van der Waals surface area contributed by atoms with E-state index in [1.54, 1.807) is 7.05 Å². The minimum atomic E-state index is -0.787. The molecular weight excluding hydrogens is 458 g/mol. The summed E-state index contributed by atoms with van der Waals surface area (Å²) in [4.78, 5) is 30.7. The number of rotatable bonds is 8. The second kappa shape index (κ2) is 12.2. The van der Waals surface area contributed by atoms with Crippen LogP contribution in [0, 0.1) is 11.3 Å². The highest BCUT2D eigenvalue weighted by atomic mass is 16.5. The first-order valence-corrected chi connectivity index (χ1v) is 12.5. The Morgan fingerprint density at radius 2 is 1.97 bits per heavy atom. The Bertz CT molecular complexity index is 1120. The van der Waals surface area contributed by atoms with Crippen molar-refractivity contribution in [3.8, 4) is 0 Å². The Balaban J connectivity index is 1.78. The van der Waals surface area contributed by atoms with Gasteiger partial charge in [-0.15, -0.1) is 0 Å². The number of aromatic nitrogens is 2. The number of nitrogens with zero attached hydrogens (tertiary/aromatic N) is 3. The largest absolute Gasteiger partial charge is 0.446 e. The van der Waals surface area contributed by atoms with Crippen LogP contribution in [0.25, 0.3) is 10.9 Å². The third kappa shape index (κ3) is 6.94. The van der Waals surface area contributed by atoms with Crippen LogP contribution in [-0.4, -0.2) is 60.3 Å². The lowest BCUT2D eigenvalue weighted by Crippen LogP contribution is -2.54. The molecule has 9 heteroatoms. The predicted octanol–water partition coefficient (Wildman–Crippen LogP) is 3.69. The first-order chi connectivity index (χ1) is 17.1. The van der Waals surface area contributed by atoms with E-state index >= 15 is 0 Å². The molecule has 0 radical (unpaired) electrons. The zero-order chi connectivity index (χ0) is 26.3. The second-order valence-electron chi connectivity index (χ2n) is 10.2. The van der Waals surface area contributed by atoms with Crippen molar-refractivity contribution < 1.29 is 19.1 Å². The topological polar surface area (TPSA) is 107 Å². The van der Waals surface area contributed by atoms with Crippen molar-refractivity contribution in [3.05, 3.63) is 41.8 Å². The van der Waals surface area contributed by atoms with Crippen LogP contribution in [0.4, 0.5) is 0 Å². The molecule has 1 aliphatic heterocycles. The number of benzene rings is 1. The summed E-state index contributed by atoms with van der Waals surface area (Å²) in [5, 5.41) is 11.2. The van der Waals surface area contributed by atoms with Gasteiger partial charge >= 0.3 is 0 Å². The molecule has 1 fully saturated rings. The van der Waals surface area contributed by atoms with Crippen LogP contribution in [0.2, 0.25) is 0 Å². The number of carbonyl (C=O) groups excluding carboxylic acids is 2. The number of para-hydroxylation sites is 1. The third-order valence-corrected chi connectivity index (χ3v) is 6.40. The molecule has 0 aliphatic carbocycles. The summed E-state index contributed by atoms with van der Waals surface area (Å²) in [6.07, 6.45) is 3.77. The third-order valence-electron chi connectivity index (χ3n) is 6.40. The Labute approximate surface area is 213 Å². The molecule has 2 aromatic rings. The Morgan fingerprint density at radius 3 is 2.61 bits per heavy atom. The maximum atomic E-state index is 13.5. The maximum absolute atomic E-state index is 13.5. The van der Waals surface area contributed by atoms with Gasteiger partial charge < -0.3 is 20.1 Å². The van der Waals surface area contributed by atoms with E-state index in [2.05, 4.69) is 15.6 Å². The average Bonchev–Trinajstić information content (AvgIpc) is 3.23. The summed E-state index contributed by atoms with van der Waals surface area (Å²) in [5.74, 6) is 0.834. The van der Waals surface area contributed by atoms with Gasteiger partial charge in [-0.05, 0) is 50.2 Å². The van der Waals surface area contributed by atoms with Crippen molar-refractivity contribution in [2.24, 2.45) is 16.3 Å². The highest BCUT2D eigenvalue weighted by molar-refractivity contribution is 6.06. The lowest BCUT2D eigenvalue weighted by atomic mass is 9.86. The molecular formula is C27H39N5O4. The number of amides is 2. The van der Waals surface area contributed by atoms with Crippen LogP contribution in [0.1, 0.15) is 57.9 Å². The summed E-state index contributed by atoms with van der Waals surface area (Å²) in [5.41, 5.74) is 0.692.